The number of amides is 2. The highest BCUT2D eigenvalue weighted by Crippen LogP contribution is 2.22. The molecule has 1 aliphatic rings. The van der Waals surface area contributed by atoms with Crippen molar-refractivity contribution in [3.63, 3.8) is 0 Å². The molecule has 2 atom stereocenters. The summed E-state index contributed by atoms with van der Waals surface area (Å²) in [6.45, 7) is 9.62. The first-order chi connectivity index (χ1) is 8.24. The maximum atomic E-state index is 11.7. The van der Waals surface area contributed by atoms with Gasteiger partial charge in [0.15, 0.2) is 0 Å². The summed E-state index contributed by atoms with van der Waals surface area (Å²) in [7, 11) is 0. The van der Waals surface area contributed by atoms with Gasteiger partial charge in [0.05, 0.1) is 25.2 Å². The lowest BCUT2D eigenvalue weighted by Crippen LogP contribution is -2.41. The van der Waals surface area contributed by atoms with Crippen LogP contribution >= 0.6 is 0 Å². The van der Waals surface area contributed by atoms with Crippen molar-refractivity contribution >= 4 is 11.8 Å². The van der Waals surface area contributed by atoms with E-state index in [2.05, 4.69) is 11.9 Å². The van der Waals surface area contributed by atoms with Crippen LogP contribution < -0.4 is 11.1 Å². The van der Waals surface area contributed by atoms with E-state index in [-0.39, 0.29) is 18.1 Å². The highest BCUT2D eigenvalue weighted by molar-refractivity contribution is 5.87. The predicted octanol–water partition coefficient (Wildman–Crippen LogP) is 0.552. The fourth-order valence-electron chi connectivity index (χ4n) is 1.64. The first-order valence-electron chi connectivity index (χ1n) is 5.97. The van der Waals surface area contributed by atoms with Gasteiger partial charge in [-0.15, -0.1) is 0 Å². The standard InChI is InChI=1S/C13H21N2O3/c1-8-7-18-9(2)11(8)15-10(16)5-6-13(3,4)12(14)17/h5,9,11H,1,6-7H2,2-4H3,(H2,14,17)(H,15,16)/t9-,11+/m0/s1. The van der Waals surface area contributed by atoms with E-state index in [0.717, 1.165) is 5.57 Å². The molecule has 5 nitrogen and oxygen atoms in total. The van der Waals surface area contributed by atoms with Crippen molar-refractivity contribution in [1.82, 2.24) is 5.32 Å². The van der Waals surface area contributed by atoms with Crippen LogP contribution in [-0.2, 0) is 14.3 Å². The van der Waals surface area contributed by atoms with Crippen LogP contribution in [0.15, 0.2) is 12.2 Å². The number of primary amides is 1. The topological polar surface area (TPSA) is 81.4 Å². The molecular formula is C13H21N2O3. The number of hydrogen-bond donors (Lipinski definition) is 2. The van der Waals surface area contributed by atoms with Crippen LogP contribution in [0, 0.1) is 11.8 Å². The van der Waals surface area contributed by atoms with Gasteiger partial charge in [0.1, 0.15) is 0 Å². The number of ether oxygens (including phenoxy) is 1. The molecule has 0 saturated carbocycles. The van der Waals surface area contributed by atoms with Crippen molar-refractivity contribution in [2.45, 2.75) is 39.3 Å². The molecule has 0 aliphatic carbocycles. The van der Waals surface area contributed by atoms with Crippen LogP contribution in [0.4, 0.5) is 0 Å². The first-order valence-corrected chi connectivity index (χ1v) is 5.97. The third-order valence-corrected chi connectivity index (χ3v) is 3.20. The Hall–Kier alpha value is -1.36. The normalized spacial score (nSPS) is 24.1. The van der Waals surface area contributed by atoms with Crippen molar-refractivity contribution in [3.05, 3.63) is 18.6 Å². The molecule has 0 spiro atoms. The Morgan fingerprint density at radius 1 is 1.61 bits per heavy atom. The summed E-state index contributed by atoms with van der Waals surface area (Å²) in [5.74, 6) is -0.652. The molecule has 0 aromatic heterocycles. The summed E-state index contributed by atoms with van der Waals surface area (Å²) in [5, 5.41) is 2.82. The lowest BCUT2D eigenvalue weighted by atomic mass is 9.87. The van der Waals surface area contributed by atoms with Gasteiger partial charge in [-0.05, 0) is 18.9 Å². The molecule has 1 fully saturated rings. The lowest BCUT2D eigenvalue weighted by molar-refractivity contribution is -0.126. The molecule has 101 valence electrons. The monoisotopic (exact) mass is 253 g/mol. The number of hydrogen-bond acceptors (Lipinski definition) is 3. The van der Waals surface area contributed by atoms with Crippen molar-refractivity contribution in [2.75, 3.05) is 6.61 Å². The minimum Gasteiger partial charge on any atom is -0.372 e. The van der Waals surface area contributed by atoms with E-state index < -0.39 is 11.3 Å². The Labute approximate surface area is 108 Å². The van der Waals surface area contributed by atoms with Crippen molar-refractivity contribution in [3.8, 4) is 0 Å². The summed E-state index contributed by atoms with van der Waals surface area (Å²) in [5.41, 5.74) is 5.38. The molecule has 0 aromatic carbocycles. The molecule has 3 N–H and O–H groups in total. The van der Waals surface area contributed by atoms with E-state index in [0.29, 0.717) is 13.0 Å². The van der Waals surface area contributed by atoms with Crippen LogP contribution in [0.2, 0.25) is 0 Å². The van der Waals surface area contributed by atoms with Gasteiger partial charge in [-0.2, -0.15) is 0 Å². The van der Waals surface area contributed by atoms with Crippen molar-refractivity contribution in [2.24, 2.45) is 11.1 Å². The number of nitrogens with one attached hydrogen (secondary N) is 1. The molecule has 5 heteroatoms. The molecule has 0 aromatic rings. The summed E-state index contributed by atoms with van der Waals surface area (Å²) in [6.07, 6.45) is 1.69. The summed E-state index contributed by atoms with van der Waals surface area (Å²) >= 11 is 0. The number of nitrogens with two attached hydrogens (primary N) is 1. The molecule has 1 rings (SSSR count). The Bertz CT molecular complexity index is 363. The molecule has 0 bridgehead atoms. The molecule has 18 heavy (non-hydrogen) atoms. The third kappa shape index (κ3) is 3.57. The largest absolute Gasteiger partial charge is 0.372 e. The van der Waals surface area contributed by atoms with E-state index in [9.17, 15) is 9.59 Å². The van der Waals surface area contributed by atoms with Gasteiger partial charge in [0.2, 0.25) is 11.8 Å². The second-order valence-electron chi connectivity index (χ2n) is 5.32. The van der Waals surface area contributed by atoms with E-state index >= 15 is 0 Å². The van der Waals surface area contributed by atoms with E-state index in [1.165, 1.54) is 6.42 Å². The van der Waals surface area contributed by atoms with Gasteiger partial charge in [0.25, 0.3) is 0 Å². The summed E-state index contributed by atoms with van der Waals surface area (Å²) in [4.78, 5) is 22.9. The maximum Gasteiger partial charge on any atom is 0.224 e. The second kappa shape index (κ2) is 5.52. The Morgan fingerprint density at radius 2 is 2.22 bits per heavy atom. The fourth-order valence-corrected chi connectivity index (χ4v) is 1.64. The molecule has 1 heterocycles. The summed E-state index contributed by atoms with van der Waals surface area (Å²) in [6, 6.07) is -0.162. The highest BCUT2D eigenvalue weighted by Gasteiger charge is 2.30. The average Bonchev–Trinajstić information content (AvgIpc) is 2.58. The number of carbonyl (C=O) groups is 2. The van der Waals surface area contributed by atoms with Gasteiger partial charge in [-0.1, -0.05) is 20.4 Å². The zero-order valence-corrected chi connectivity index (χ0v) is 11.2. The molecule has 1 radical (unpaired) electrons. The van der Waals surface area contributed by atoms with Crippen molar-refractivity contribution in [1.29, 1.82) is 0 Å². The third-order valence-electron chi connectivity index (χ3n) is 3.20. The van der Waals surface area contributed by atoms with Gasteiger partial charge in [0, 0.05) is 5.41 Å². The quantitative estimate of drug-likeness (QED) is 0.702. The van der Waals surface area contributed by atoms with Crippen LogP contribution in [0.3, 0.4) is 0 Å². The molecule has 0 unspecified atom stereocenters. The van der Waals surface area contributed by atoms with Gasteiger partial charge >= 0.3 is 0 Å². The van der Waals surface area contributed by atoms with E-state index in [1.54, 1.807) is 13.8 Å². The van der Waals surface area contributed by atoms with Crippen LogP contribution in [0.25, 0.3) is 0 Å². The predicted molar refractivity (Wildman–Crippen MR) is 68.4 cm³/mol. The molecule has 1 aliphatic heterocycles. The maximum absolute atomic E-state index is 11.7. The van der Waals surface area contributed by atoms with Crippen molar-refractivity contribution < 1.29 is 14.3 Å². The smallest absolute Gasteiger partial charge is 0.224 e. The minimum absolute atomic E-state index is 0.0704. The molecule has 1 saturated heterocycles. The van der Waals surface area contributed by atoms with Crippen LogP contribution in [0.1, 0.15) is 27.2 Å². The van der Waals surface area contributed by atoms with Crippen LogP contribution in [0.5, 0.6) is 0 Å². The Morgan fingerprint density at radius 3 is 2.67 bits per heavy atom. The number of carbonyl (C=O) groups excluding carboxylic acids is 2. The van der Waals surface area contributed by atoms with Crippen LogP contribution in [-0.4, -0.2) is 30.6 Å². The zero-order valence-electron chi connectivity index (χ0n) is 11.2. The van der Waals surface area contributed by atoms with Gasteiger partial charge in [-0.3, -0.25) is 9.59 Å². The molecule has 2 amide bonds. The van der Waals surface area contributed by atoms with Gasteiger partial charge in [-0.25, -0.2) is 0 Å². The van der Waals surface area contributed by atoms with Gasteiger partial charge < -0.3 is 15.8 Å². The zero-order chi connectivity index (χ0) is 13.9. The lowest BCUT2D eigenvalue weighted by Gasteiger charge is -2.21. The average molecular weight is 253 g/mol. The highest BCUT2D eigenvalue weighted by atomic mass is 16.5. The van der Waals surface area contributed by atoms with E-state index in [4.69, 9.17) is 10.5 Å². The Balaban J connectivity index is 2.43. The minimum atomic E-state index is -0.716. The second-order valence-corrected chi connectivity index (χ2v) is 5.32. The Kier molecular flexibility index (Phi) is 4.51. The SMILES string of the molecule is C=C1CO[C@@H](C)[C@@H]1NC(=O)[CH]CC(C)(C)C(N)=O. The molecular weight excluding hydrogens is 232 g/mol. The number of rotatable bonds is 5. The summed E-state index contributed by atoms with van der Waals surface area (Å²) < 4.78 is 5.36. The van der Waals surface area contributed by atoms with E-state index in [1.807, 2.05) is 6.92 Å². The first kappa shape index (κ1) is 14.7. The fraction of sp³-hybridized carbons (Fsp3) is 0.615.